The Morgan fingerprint density at radius 2 is 2.14 bits per heavy atom. The molecule has 86 valence electrons. The zero-order chi connectivity index (χ0) is 11.0. The van der Waals surface area contributed by atoms with E-state index in [2.05, 4.69) is 13.8 Å². The number of nitrogens with two attached hydrogens (primary N) is 1. The van der Waals surface area contributed by atoms with Crippen LogP contribution < -0.4 is 5.73 Å². The first-order valence-corrected chi connectivity index (χ1v) is 6.65. The minimum absolute atomic E-state index is 0.0863. The fraction of sp³-hybridized carbons (Fsp3) is 1.00. The predicted molar refractivity (Wildman–Crippen MR) is 65.7 cm³/mol. The van der Waals surface area contributed by atoms with E-state index >= 15 is 0 Å². The standard InChI is InChI=1S/C11H25NOS/c1-4-10(2)8-14-7-5-6-11(3,12)9-13/h10,13H,4-9,12H2,1-3H3. The molecule has 0 aromatic carbocycles. The van der Waals surface area contributed by atoms with Crippen LogP contribution in [0.5, 0.6) is 0 Å². The third-order valence-electron chi connectivity index (χ3n) is 2.50. The number of thioether (sulfide) groups is 1. The third-order valence-corrected chi connectivity index (χ3v) is 3.88. The van der Waals surface area contributed by atoms with Gasteiger partial charge in [-0.15, -0.1) is 0 Å². The molecule has 0 aromatic rings. The second-order valence-corrected chi connectivity index (χ2v) is 5.65. The Morgan fingerprint density at radius 3 is 2.64 bits per heavy atom. The SMILES string of the molecule is CCC(C)CSCCCC(C)(N)CO. The third kappa shape index (κ3) is 7.65. The minimum Gasteiger partial charge on any atom is -0.394 e. The summed E-state index contributed by atoms with van der Waals surface area (Å²) < 4.78 is 0. The molecular weight excluding hydrogens is 194 g/mol. The average molecular weight is 219 g/mol. The van der Waals surface area contributed by atoms with Gasteiger partial charge < -0.3 is 10.8 Å². The molecule has 0 saturated carbocycles. The molecule has 2 nitrogen and oxygen atoms in total. The van der Waals surface area contributed by atoms with Crippen molar-refractivity contribution in [2.75, 3.05) is 18.1 Å². The molecule has 0 aromatic heterocycles. The summed E-state index contributed by atoms with van der Waals surface area (Å²) in [6, 6.07) is 0. The van der Waals surface area contributed by atoms with Gasteiger partial charge >= 0.3 is 0 Å². The summed E-state index contributed by atoms with van der Waals surface area (Å²) in [7, 11) is 0. The Morgan fingerprint density at radius 1 is 1.50 bits per heavy atom. The van der Waals surface area contributed by atoms with Gasteiger partial charge in [0, 0.05) is 5.54 Å². The molecule has 0 aliphatic heterocycles. The minimum atomic E-state index is -0.378. The molecule has 0 rings (SSSR count). The lowest BCUT2D eigenvalue weighted by Gasteiger charge is -2.21. The fourth-order valence-electron chi connectivity index (χ4n) is 1.06. The summed E-state index contributed by atoms with van der Waals surface area (Å²) in [5, 5.41) is 8.95. The van der Waals surface area contributed by atoms with Crippen LogP contribution in [0.2, 0.25) is 0 Å². The number of hydrogen-bond acceptors (Lipinski definition) is 3. The number of aliphatic hydroxyl groups is 1. The highest BCUT2D eigenvalue weighted by Gasteiger charge is 2.15. The van der Waals surface area contributed by atoms with Crippen molar-refractivity contribution in [1.82, 2.24) is 0 Å². The second-order valence-electron chi connectivity index (χ2n) is 4.50. The smallest absolute Gasteiger partial charge is 0.0608 e. The van der Waals surface area contributed by atoms with E-state index in [1.54, 1.807) is 0 Å². The van der Waals surface area contributed by atoms with Crippen molar-refractivity contribution < 1.29 is 5.11 Å². The lowest BCUT2D eigenvalue weighted by molar-refractivity contribution is 0.200. The lowest BCUT2D eigenvalue weighted by Crippen LogP contribution is -2.40. The van der Waals surface area contributed by atoms with E-state index in [1.165, 1.54) is 12.2 Å². The van der Waals surface area contributed by atoms with Crippen LogP contribution in [0, 0.1) is 5.92 Å². The van der Waals surface area contributed by atoms with Crippen molar-refractivity contribution in [2.24, 2.45) is 11.7 Å². The fourth-order valence-corrected chi connectivity index (χ4v) is 2.21. The van der Waals surface area contributed by atoms with E-state index in [9.17, 15) is 0 Å². The van der Waals surface area contributed by atoms with Crippen LogP contribution >= 0.6 is 11.8 Å². The first kappa shape index (κ1) is 14.3. The Balaban J connectivity index is 3.30. The molecule has 14 heavy (non-hydrogen) atoms. The Kier molecular flexibility index (Phi) is 7.69. The molecule has 0 radical (unpaired) electrons. The molecule has 0 aliphatic rings. The number of hydrogen-bond donors (Lipinski definition) is 2. The van der Waals surface area contributed by atoms with E-state index in [1.807, 2.05) is 18.7 Å². The largest absolute Gasteiger partial charge is 0.394 e. The molecule has 0 aliphatic carbocycles. The molecule has 0 spiro atoms. The Bertz CT molecular complexity index is 139. The van der Waals surface area contributed by atoms with Crippen LogP contribution in [-0.2, 0) is 0 Å². The van der Waals surface area contributed by atoms with E-state index in [0.717, 1.165) is 24.5 Å². The van der Waals surface area contributed by atoms with Crippen LogP contribution in [0.25, 0.3) is 0 Å². The van der Waals surface area contributed by atoms with Gasteiger partial charge in [-0.25, -0.2) is 0 Å². The van der Waals surface area contributed by atoms with Crippen LogP contribution in [0.4, 0.5) is 0 Å². The van der Waals surface area contributed by atoms with Crippen molar-refractivity contribution in [3.8, 4) is 0 Å². The molecule has 2 unspecified atom stereocenters. The molecule has 0 bridgehead atoms. The van der Waals surface area contributed by atoms with E-state index in [4.69, 9.17) is 10.8 Å². The zero-order valence-electron chi connectivity index (χ0n) is 9.75. The first-order chi connectivity index (χ1) is 6.52. The van der Waals surface area contributed by atoms with E-state index < -0.39 is 0 Å². The summed E-state index contributed by atoms with van der Waals surface area (Å²) in [5.41, 5.74) is 5.45. The maximum atomic E-state index is 8.95. The molecular formula is C11H25NOS. The zero-order valence-corrected chi connectivity index (χ0v) is 10.6. The summed E-state index contributed by atoms with van der Waals surface area (Å²) in [5.74, 6) is 3.23. The summed E-state index contributed by atoms with van der Waals surface area (Å²) in [4.78, 5) is 0. The van der Waals surface area contributed by atoms with Crippen molar-refractivity contribution in [3.63, 3.8) is 0 Å². The monoisotopic (exact) mass is 219 g/mol. The maximum absolute atomic E-state index is 8.95. The maximum Gasteiger partial charge on any atom is 0.0608 e. The summed E-state index contributed by atoms with van der Waals surface area (Å²) >= 11 is 2.00. The van der Waals surface area contributed by atoms with Gasteiger partial charge in [-0.1, -0.05) is 20.3 Å². The van der Waals surface area contributed by atoms with Gasteiger partial charge in [-0.2, -0.15) is 11.8 Å². The predicted octanol–water partition coefficient (Wildman–Crippen LogP) is 2.26. The van der Waals surface area contributed by atoms with Gasteiger partial charge in [-0.05, 0) is 37.2 Å². The van der Waals surface area contributed by atoms with Gasteiger partial charge in [-0.3, -0.25) is 0 Å². The van der Waals surface area contributed by atoms with Gasteiger partial charge in [0.1, 0.15) is 0 Å². The van der Waals surface area contributed by atoms with Gasteiger partial charge in [0.2, 0.25) is 0 Å². The van der Waals surface area contributed by atoms with Gasteiger partial charge in [0.25, 0.3) is 0 Å². The lowest BCUT2D eigenvalue weighted by atomic mass is 9.99. The van der Waals surface area contributed by atoms with Crippen LogP contribution in [-0.4, -0.2) is 28.8 Å². The highest BCUT2D eigenvalue weighted by atomic mass is 32.2. The highest BCUT2D eigenvalue weighted by molar-refractivity contribution is 7.99. The van der Waals surface area contributed by atoms with Crippen molar-refractivity contribution >= 4 is 11.8 Å². The summed E-state index contributed by atoms with van der Waals surface area (Å²) in [6.45, 7) is 6.51. The number of aliphatic hydroxyl groups excluding tert-OH is 1. The summed E-state index contributed by atoms with van der Waals surface area (Å²) in [6.07, 6.45) is 3.28. The number of rotatable bonds is 8. The Labute approximate surface area is 92.6 Å². The molecule has 3 heteroatoms. The van der Waals surface area contributed by atoms with E-state index in [0.29, 0.717) is 0 Å². The van der Waals surface area contributed by atoms with Crippen molar-refractivity contribution in [2.45, 2.75) is 45.6 Å². The Hall–Kier alpha value is 0.270. The highest BCUT2D eigenvalue weighted by Crippen LogP contribution is 2.15. The topological polar surface area (TPSA) is 46.2 Å². The van der Waals surface area contributed by atoms with Crippen LogP contribution in [0.15, 0.2) is 0 Å². The van der Waals surface area contributed by atoms with Crippen molar-refractivity contribution in [1.29, 1.82) is 0 Å². The normalized spacial score (nSPS) is 17.8. The first-order valence-electron chi connectivity index (χ1n) is 5.49. The molecule has 0 saturated heterocycles. The van der Waals surface area contributed by atoms with Crippen LogP contribution in [0.3, 0.4) is 0 Å². The van der Waals surface area contributed by atoms with E-state index in [-0.39, 0.29) is 12.1 Å². The molecule has 0 fully saturated rings. The quantitative estimate of drug-likeness (QED) is 0.616. The van der Waals surface area contributed by atoms with Gasteiger partial charge in [0.05, 0.1) is 6.61 Å². The van der Waals surface area contributed by atoms with Crippen LogP contribution in [0.1, 0.15) is 40.0 Å². The molecule has 3 N–H and O–H groups in total. The second kappa shape index (κ2) is 7.55. The molecule has 0 heterocycles. The van der Waals surface area contributed by atoms with Crippen molar-refractivity contribution in [3.05, 3.63) is 0 Å². The average Bonchev–Trinajstić information content (AvgIpc) is 2.17. The molecule has 0 amide bonds. The molecule has 2 atom stereocenters. The van der Waals surface area contributed by atoms with Gasteiger partial charge in [0.15, 0.2) is 0 Å².